The molecule has 0 aliphatic rings. The van der Waals surface area contributed by atoms with Gasteiger partial charge in [-0.25, -0.2) is 4.79 Å². The van der Waals surface area contributed by atoms with Crippen molar-refractivity contribution in [2.24, 2.45) is 40.7 Å². The van der Waals surface area contributed by atoms with Gasteiger partial charge in [-0.05, 0) is 56.4 Å². The molecule has 0 saturated carbocycles. The van der Waals surface area contributed by atoms with Crippen LogP contribution in [-0.4, -0.2) is 118 Å². The first-order valence-corrected chi connectivity index (χ1v) is 19.8. The number of carboxylic acids is 2. The number of amides is 8. The number of rotatable bonds is 30. The van der Waals surface area contributed by atoms with Gasteiger partial charge in [-0.3, -0.25) is 43.2 Å². The summed E-state index contributed by atoms with van der Waals surface area (Å²) in [5.41, 5.74) is 22.2. The Balaban J connectivity index is 6.59. The first-order chi connectivity index (χ1) is 27.5. The van der Waals surface area contributed by atoms with E-state index < -0.39 is 139 Å². The second kappa shape index (κ2) is 27.3. The van der Waals surface area contributed by atoms with Crippen LogP contribution in [0.5, 0.6) is 0 Å². The van der Waals surface area contributed by atoms with Crippen molar-refractivity contribution in [3.63, 3.8) is 0 Å². The second-order valence-corrected chi connectivity index (χ2v) is 15.0. The Hall–Kier alpha value is -5.38. The summed E-state index contributed by atoms with van der Waals surface area (Å²) in [4.78, 5) is 128. The number of nitrogens with one attached hydrogen (secondary N) is 6. The van der Waals surface area contributed by atoms with Crippen molar-refractivity contribution in [2.45, 2.75) is 148 Å². The third kappa shape index (κ3) is 20.2. The maximum Gasteiger partial charge on any atom is 0.326 e. The zero-order valence-electron chi connectivity index (χ0n) is 34.8. The van der Waals surface area contributed by atoms with E-state index in [-0.39, 0.29) is 31.7 Å². The summed E-state index contributed by atoms with van der Waals surface area (Å²) in [6.07, 6.45) is -1.12. The lowest BCUT2D eigenvalue weighted by Gasteiger charge is -2.29. The maximum atomic E-state index is 13.9. The first-order valence-electron chi connectivity index (χ1n) is 19.8. The maximum absolute atomic E-state index is 13.9. The van der Waals surface area contributed by atoms with Crippen molar-refractivity contribution in [2.75, 3.05) is 6.54 Å². The molecular formula is C37H66N10O12. The van der Waals surface area contributed by atoms with Gasteiger partial charge >= 0.3 is 11.9 Å². The van der Waals surface area contributed by atoms with Gasteiger partial charge in [0.05, 0.1) is 12.5 Å². The molecule has 8 amide bonds. The highest BCUT2D eigenvalue weighted by atomic mass is 16.4. The normalized spacial score (nSPS) is 15.7. The van der Waals surface area contributed by atoms with Crippen LogP contribution in [0.1, 0.15) is 106 Å². The molecule has 0 bridgehead atoms. The van der Waals surface area contributed by atoms with Gasteiger partial charge in [0.15, 0.2) is 0 Å². The highest BCUT2D eigenvalue weighted by molar-refractivity contribution is 5.98. The molecule has 2 unspecified atom stereocenters. The standard InChI is InChI=1S/C37H66N10O12/c1-7-19(5)29(46-34(55)24(17-26(40)49)45-35(56)28(41)18(3)4)36(57)44-22(12-14-25(39)48)32(53)42-21(11-9-10-16-38)31(52)43-23(13-15-27(50)51)33(54)47-30(37(58)59)20(6)8-2/h18-24,28-30H,7-17,38,41H2,1-6H3,(H2,39,48)(H2,40,49)(H,42,53)(H,43,52)(H,44,57)(H,45,56)(H,46,55)(H,47,54)(H,50,51)(H,58,59)/t19?,20?,21-,22-,23-,24-,28-,29-,30-/m0/s1. The number of primary amides is 2. The summed E-state index contributed by atoms with van der Waals surface area (Å²) >= 11 is 0. The van der Waals surface area contributed by atoms with E-state index in [1.165, 1.54) is 0 Å². The van der Waals surface area contributed by atoms with E-state index in [1.807, 2.05) is 0 Å². The highest BCUT2D eigenvalue weighted by Crippen LogP contribution is 2.13. The Morgan fingerprint density at radius 2 is 0.949 bits per heavy atom. The average Bonchev–Trinajstić information content (AvgIpc) is 3.16. The van der Waals surface area contributed by atoms with E-state index in [0.29, 0.717) is 19.3 Å². The van der Waals surface area contributed by atoms with Crippen molar-refractivity contribution < 1.29 is 58.2 Å². The number of carbonyl (C=O) groups is 10. The molecule has 0 fully saturated rings. The van der Waals surface area contributed by atoms with E-state index in [4.69, 9.17) is 22.9 Å². The monoisotopic (exact) mass is 842 g/mol. The number of carbonyl (C=O) groups excluding carboxylic acids is 8. The Morgan fingerprint density at radius 3 is 1.39 bits per heavy atom. The van der Waals surface area contributed by atoms with Gasteiger partial charge in [0, 0.05) is 12.8 Å². The van der Waals surface area contributed by atoms with Crippen LogP contribution in [0.15, 0.2) is 0 Å². The molecule has 0 aromatic carbocycles. The Morgan fingerprint density at radius 1 is 0.525 bits per heavy atom. The molecule has 0 heterocycles. The number of nitrogens with two attached hydrogens (primary N) is 4. The third-order valence-corrected chi connectivity index (χ3v) is 9.80. The minimum absolute atomic E-state index is 0.0534. The van der Waals surface area contributed by atoms with Gasteiger partial charge in [-0.1, -0.05) is 54.4 Å². The van der Waals surface area contributed by atoms with Crippen molar-refractivity contribution in [3.8, 4) is 0 Å². The molecule has 59 heavy (non-hydrogen) atoms. The molecule has 0 saturated heterocycles. The smallest absolute Gasteiger partial charge is 0.326 e. The second-order valence-electron chi connectivity index (χ2n) is 15.0. The highest BCUT2D eigenvalue weighted by Gasteiger charge is 2.36. The first kappa shape index (κ1) is 53.6. The minimum Gasteiger partial charge on any atom is -0.481 e. The summed E-state index contributed by atoms with van der Waals surface area (Å²) in [5.74, 6) is -11.4. The van der Waals surface area contributed by atoms with Gasteiger partial charge in [0.2, 0.25) is 47.3 Å². The molecule has 0 rings (SSSR count). The van der Waals surface area contributed by atoms with Crippen molar-refractivity contribution >= 4 is 59.2 Å². The molecule has 22 nitrogen and oxygen atoms in total. The molecule has 0 aromatic heterocycles. The molecule has 22 heteroatoms. The molecule has 9 atom stereocenters. The van der Waals surface area contributed by atoms with Crippen LogP contribution in [0.3, 0.4) is 0 Å². The summed E-state index contributed by atoms with van der Waals surface area (Å²) in [6, 6.07) is -9.76. The van der Waals surface area contributed by atoms with Crippen LogP contribution < -0.4 is 54.8 Å². The molecule has 0 aliphatic heterocycles. The predicted octanol–water partition coefficient (Wildman–Crippen LogP) is -2.81. The lowest BCUT2D eigenvalue weighted by atomic mass is 9.96. The van der Waals surface area contributed by atoms with Gasteiger partial charge < -0.3 is 65.0 Å². The molecule has 16 N–H and O–H groups in total. The largest absolute Gasteiger partial charge is 0.481 e. The minimum atomic E-state index is -1.54. The topological polar surface area (TPSA) is 387 Å². The zero-order valence-corrected chi connectivity index (χ0v) is 34.8. The average molecular weight is 843 g/mol. The number of aliphatic carboxylic acids is 2. The number of hydrogen-bond donors (Lipinski definition) is 12. The molecule has 0 radical (unpaired) electrons. The van der Waals surface area contributed by atoms with E-state index in [1.54, 1.807) is 41.5 Å². The van der Waals surface area contributed by atoms with E-state index >= 15 is 0 Å². The summed E-state index contributed by atoms with van der Waals surface area (Å²) < 4.78 is 0. The number of unbranched alkanes of at least 4 members (excludes halogenated alkanes) is 1. The van der Waals surface area contributed by atoms with E-state index in [9.17, 15) is 58.2 Å². The van der Waals surface area contributed by atoms with Gasteiger partial charge in [0.25, 0.3) is 0 Å². The molecule has 336 valence electrons. The quantitative estimate of drug-likeness (QED) is 0.0325. The van der Waals surface area contributed by atoms with Crippen molar-refractivity contribution in [3.05, 3.63) is 0 Å². The summed E-state index contributed by atoms with van der Waals surface area (Å²) in [7, 11) is 0. The van der Waals surface area contributed by atoms with Crippen LogP contribution in [0.4, 0.5) is 0 Å². The molecular weight excluding hydrogens is 776 g/mol. The fourth-order valence-corrected chi connectivity index (χ4v) is 5.53. The van der Waals surface area contributed by atoms with Gasteiger partial charge in [-0.2, -0.15) is 0 Å². The SMILES string of the molecule is CCC(C)[C@H](NC(=O)[C@H](CCC(=O)O)NC(=O)[C@H](CCCCN)NC(=O)[C@H](CCC(N)=O)NC(=O)[C@@H](NC(=O)[C@H](CC(N)=O)NC(=O)[C@@H](N)C(C)C)C(C)CC)C(=O)O. The molecule has 0 aromatic rings. The van der Waals surface area contributed by atoms with Gasteiger partial charge in [0.1, 0.15) is 36.3 Å². The molecule has 0 aliphatic carbocycles. The lowest BCUT2D eigenvalue weighted by molar-refractivity contribution is -0.144. The summed E-state index contributed by atoms with van der Waals surface area (Å²) in [5, 5.41) is 33.6. The fraction of sp³-hybridized carbons (Fsp3) is 0.730. The van der Waals surface area contributed by atoms with Crippen LogP contribution in [0.2, 0.25) is 0 Å². The fourth-order valence-electron chi connectivity index (χ4n) is 5.53. The van der Waals surface area contributed by atoms with Crippen LogP contribution in [0, 0.1) is 17.8 Å². The zero-order chi connectivity index (χ0) is 45.6. The lowest BCUT2D eigenvalue weighted by Crippen LogP contribution is -2.61. The van der Waals surface area contributed by atoms with Crippen LogP contribution in [-0.2, 0) is 47.9 Å². The number of carboxylic acid groups (broad SMARTS) is 2. The summed E-state index contributed by atoms with van der Waals surface area (Å²) in [6.45, 7) is 10.2. The number of hydrogen-bond acceptors (Lipinski definition) is 12. The Labute approximate surface area is 344 Å². The van der Waals surface area contributed by atoms with Crippen LogP contribution in [0.25, 0.3) is 0 Å². The Bertz CT molecular complexity index is 1480. The van der Waals surface area contributed by atoms with Crippen molar-refractivity contribution in [1.82, 2.24) is 31.9 Å². The Kier molecular flexibility index (Phi) is 24.8. The van der Waals surface area contributed by atoms with E-state index in [0.717, 1.165) is 0 Å². The van der Waals surface area contributed by atoms with Crippen LogP contribution >= 0.6 is 0 Å². The van der Waals surface area contributed by atoms with Crippen molar-refractivity contribution in [1.29, 1.82) is 0 Å². The predicted molar refractivity (Wildman–Crippen MR) is 213 cm³/mol. The third-order valence-electron chi connectivity index (χ3n) is 9.80. The molecule has 0 spiro atoms. The van der Waals surface area contributed by atoms with Gasteiger partial charge in [-0.15, -0.1) is 0 Å². The van der Waals surface area contributed by atoms with E-state index in [2.05, 4.69) is 31.9 Å².